The minimum absolute atomic E-state index is 0.0105. The van der Waals surface area contributed by atoms with Crippen LogP contribution in [0.2, 0.25) is 0 Å². The maximum Gasteiger partial charge on any atom is 0.303 e. The Bertz CT molecular complexity index is 649. The highest BCUT2D eigenvalue weighted by Gasteiger charge is 2.47. The Morgan fingerprint density at radius 2 is 2.08 bits per heavy atom. The zero-order valence-electron chi connectivity index (χ0n) is 13.4. The van der Waals surface area contributed by atoms with Crippen LogP contribution in [0.1, 0.15) is 43.6 Å². The minimum atomic E-state index is -0.877. The summed E-state index contributed by atoms with van der Waals surface area (Å²) in [5.74, 6) is -2.87. The van der Waals surface area contributed by atoms with Crippen molar-refractivity contribution < 1.29 is 23.5 Å². The number of piperidine rings is 1. The summed E-state index contributed by atoms with van der Waals surface area (Å²) in [5.41, 5.74) is 0.285. The third-order valence-electron chi connectivity index (χ3n) is 5.09. The molecule has 1 aromatic carbocycles. The van der Waals surface area contributed by atoms with Crippen molar-refractivity contribution in [2.45, 2.75) is 38.0 Å². The van der Waals surface area contributed by atoms with Gasteiger partial charge in [0.2, 0.25) is 5.91 Å². The fourth-order valence-corrected chi connectivity index (χ4v) is 3.68. The van der Waals surface area contributed by atoms with E-state index in [0.717, 1.165) is 18.9 Å². The lowest BCUT2D eigenvalue weighted by molar-refractivity contribution is -0.137. The largest absolute Gasteiger partial charge is 0.481 e. The molecule has 1 saturated carbocycles. The summed E-state index contributed by atoms with van der Waals surface area (Å²) >= 11 is 0. The summed E-state index contributed by atoms with van der Waals surface area (Å²) in [5, 5.41) is 8.78. The number of carbonyl (C=O) groups is 2. The van der Waals surface area contributed by atoms with Crippen molar-refractivity contribution in [1.82, 2.24) is 4.90 Å². The average Bonchev–Trinajstić information content (AvgIpc) is 3.35. The van der Waals surface area contributed by atoms with Crippen molar-refractivity contribution in [2.24, 2.45) is 11.8 Å². The van der Waals surface area contributed by atoms with Gasteiger partial charge in [-0.3, -0.25) is 9.59 Å². The molecule has 6 heteroatoms. The predicted molar refractivity (Wildman–Crippen MR) is 83.4 cm³/mol. The van der Waals surface area contributed by atoms with Gasteiger partial charge in [-0.25, -0.2) is 8.78 Å². The van der Waals surface area contributed by atoms with Crippen LogP contribution < -0.4 is 0 Å². The van der Waals surface area contributed by atoms with Crippen molar-refractivity contribution in [3.8, 4) is 0 Å². The lowest BCUT2D eigenvalue weighted by Gasteiger charge is -2.33. The molecular weight excluding hydrogens is 316 g/mol. The fraction of sp³-hybridized carbons (Fsp3) is 0.556. The number of carboxylic acid groups (broad SMARTS) is 1. The van der Waals surface area contributed by atoms with Gasteiger partial charge in [-0.2, -0.15) is 0 Å². The second-order valence-electron chi connectivity index (χ2n) is 6.82. The Labute approximate surface area is 139 Å². The molecule has 1 amide bonds. The van der Waals surface area contributed by atoms with E-state index in [1.807, 2.05) is 0 Å². The fourth-order valence-electron chi connectivity index (χ4n) is 3.68. The van der Waals surface area contributed by atoms with E-state index in [-0.39, 0.29) is 35.6 Å². The van der Waals surface area contributed by atoms with Crippen LogP contribution in [0.4, 0.5) is 8.78 Å². The third kappa shape index (κ3) is 3.57. The summed E-state index contributed by atoms with van der Waals surface area (Å²) in [7, 11) is 0. The van der Waals surface area contributed by atoms with Gasteiger partial charge in [-0.15, -0.1) is 0 Å². The number of carbonyl (C=O) groups excluding carboxylic acids is 1. The second kappa shape index (κ2) is 6.87. The molecule has 24 heavy (non-hydrogen) atoms. The summed E-state index contributed by atoms with van der Waals surface area (Å²) < 4.78 is 27.2. The molecule has 1 heterocycles. The first-order valence-corrected chi connectivity index (χ1v) is 8.42. The Balaban J connectivity index is 1.59. The van der Waals surface area contributed by atoms with Crippen molar-refractivity contribution in [1.29, 1.82) is 0 Å². The topological polar surface area (TPSA) is 57.6 Å². The van der Waals surface area contributed by atoms with Crippen LogP contribution >= 0.6 is 0 Å². The van der Waals surface area contributed by atoms with Gasteiger partial charge >= 0.3 is 5.97 Å². The Kier molecular flexibility index (Phi) is 4.83. The van der Waals surface area contributed by atoms with E-state index in [1.165, 1.54) is 6.07 Å². The van der Waals surface area contributed by atoms with E-state index in [1.54, 1.807) is 11.0 Å². The van der Waals surface area contributed by atoms with E-state index >= 15 is 0 Å². The smallest absolute Gasteiger partial charge is 0.303 e. The summed E-state index contributed by atoms with van der Waals surface area (Å²) in [6.45, 7) is 1.23. The van der Waals surface area contributed by atoms with Gasteiger partial charge in [0.15, 0.2) is 11.6 Å². The molecule has 2 fully saturated rings. The van der Waals surface area contributed by atoms with Crippen molar-refractivity contribution in [3.05, 3.63) is 35.4 Å². The van der Waals surface area contributed by atoms with E-state index in [9.17, 15) is 18.4 Å². The number of nitrogens with zero attached hydrogens (tertiary/aromatic N) is 1. The third-order valence-corrected chi connectivity index (χ3v) is 5.09. The normalized spacial score (nSPS) is 26.2. The van der Waals surface area contributed by atoms with E-state index < -0.39 is 17.6 Å². The summed E-state index contributed by atoms with van der Waals surface area (Å²) in [6.07, 6.45) is 3.04. The highest BCUT2D eigenvalue weighted by molar-refractivity contribution is 5.83. The molecule has 0 bridgehead atoms. The number of amides is 1. The minimum Gasteiger partial charge on any atom is -0.481 e. The van der Waals surface area contributed by atoms with Crippen LogP contribution in [0.25, 0.3) is 0 Å². The van der Waals surface area contributed by atoms with Crippen LogP contribution in [0.3, 0.4) is 0 Å². The molecule has 0 aromatic heterocycles. The molecule has 0 unspecified atom stereocenters. The monoisotopic (exact) mass is 337 g/mol. The molecule has 1 aliphatic heterocycles. The molecule has 2 aliphatic rings. The Hall–Kier alpha value is -1.98. The molecule has 1 N–H and O–H groups in total. The second-order valence-corrected chi connectivity index (χ2v) is 6.82. The molecule has 1 saturated heterocycles. The number of likely N-dealkylation sites (tertiary alicyclic amines) is 1. The van der Waals surface area contributed by atoms with Crippen LogP contribution in [-0.4, -0.2) is 35.0 Å². The van der Waals surface area contributed by atoms with Gasteiger partial charge in [-0.1, -0.05) is 12.1 Å². The van der Waals surface area contributed by atoms with E-state index in [2.05, 4.69) is 0 Å². The molecule has 3 atom stereocenters. The zero-order valence-corrected chi connectivity index (χ0v) is 13.4. The van der Waals surface area contributed by atoms with E-state index in [4.69, 9.17) is 5.11 Å². The Morgan fingerprint density at radius 1 is 1.29 bits per heavy atom. The maximum absolute atomic E-state index is 13.9. The quantitative estimate of drug-likeness (QED) is 0.898. The highest BCUT2D eigenvalue weighted by Crippen LogP contribution is 2.49. The van der Waals surface area contributed by atoms with Crippen LogP contribution in [0.5, 0.6) is 0 Å². The molecule has 1 aromatic rings. The molecule has 1 aliphatic carbocycles. The molecule has 0 spiro atoms. The average molecular weight is 337 g/mol. The predicted octanol–water partition coefficient (Wildman–Crippen LogP) is 3.17. The van der Waals surface area contributed by atoms with Gasteiger partial charge in [0.1, 0.15) is 0 Å². The highest BCUT2D eigenvalue weighted by atomic mass is 19.2. The first kappa shape index (κ1) is 16.9. The molecule has 4 nitrogen and oxygen atoms in total. The van der Waals surface area contributed by atoms with Crippen molar-refractivity contribution in [3.63, 3.8) is 0 Å². The number of hydrogen-bond donors (Lipinski definition) is 1. The number of benzene rings is 1. The van der Waals surface area contributed by atoms with Crippen LogP contribution in [-0.2, 0) is 9.59 Å². The van der Waals surface area contributed by atoms with Crippen molar-refractivity contribution in [2.75, 3.05) is 13.1 Å². The van der Waals surface area contributed by atoms with Gasteiger partial charge in [0, 0.05) is 25.4 Å². The molecule has 0 radical (unpaired) electrons. The summed E-state index contributed by atoms with van der Waals surface area (Å²) in [6, 6.07) is 4.09. The SMILES string of the molecule is O=C(O)CC[C@@H]1CCCN(C(=O)[C@H]2C[C@H]2c2cccc(F)c2F)C1. The molecule has 130 valence electrons. The van der Waals surface area contributed by atoms with Crippen molar-refractivity contribution >= 4 is 11.9 Å². The van der Waals surface area contributed by atoms with Crippen LogP contribution in [0, 0.1) is 23.5 Å². The van der Waals surface area contributed by atoms with Gasteiger partial charge in [-0.05, 0) is 49.1 Å². The number of carboxylic acids is 1. The lowest BCUT2D eigenvalue weighted by Crippen LogP contribution is -2.41. The van der Waals surface area contributed by atoms with Gasteiger partial charge < -0.3 is 10.0 Å². The first-order chi connectivity index (χ1) is 11.5. The van der Waals surface area contributed by atoms with Gasteiger partial charge in [0.05, 0.1) is 0 Å². The first-order valence-electron chi connectivity index (χ1n) is 8.42. The maximum atomic E-state index is 13.9. The lowest BCUT2D eigenvalue weighted by atomic mass is 9.93. The molecular formula is C18H21F2NO3. The number of hydrogen-bond acceptors (Lipinski definition) is 2. The number of rotatable bonds is 5. The summed E-state index contributed by atoms with van der Waals surface area (Å²) in [4.78, 5) is 25.1. The molecule has 3 rings (SSSR count). The number of aliphatic carboxylic acids is 1. The van der Waals surface area contributed by atoms with E-state index in [0.29, 0.717) is 25.9 Å². The standard InChI is InChI=1S/C18H21F2NO3/c19-15-5-1-4-12(17(15)20)13-9-14(13)18(24)21-8-2-3-11(10-21)6-7-16(22)23/h1,4-5,11,13-14H,2-3,6-10H2,(H,22,23)/t11-,13-,14-/m0/s1. The Morgan fingerprint density at radius 3 is 2.83 bits per heavy atom. The zero-order chi connectivity index (χ0) is 17.3. The number of halogens is 2. The van der Waals surface area contributed by atoms with Crippen LogP contribution in [0.15, 0.2) is 18.2 Å². The van der Waals surface area contributed by atoms with Gasteiger partial charge in [0.25, 0.3) is 0 Å².